The molecule has 1 unspecified atom stereocenters. The lowest BCUT2D eigenvalue weighted by Crippen LogP contribution is -2.19. The molecule has 0 heterocycles. The van der Waals surface area contributed by atoms with Crippen molar-refractivity contribution < 1.29 is 14.3 Å². The van der Waals surface area contributed by atoms with Crippen LogP contribution in [-0.4, -0.2) is 30.6 Å². The van der Waals surface area contributed by atoms with Crippen molar-refractivity contribution in [3.63, 3.8) is 0 Å². The molecule has 0 bridgehead atoms. The van der Waals surface area contributed by atoms with E-state index in [0.29, 0.717) is 19.6 Å². The maximum atomic E-state index is 11.0. The molecule has 0 aliphatic rings. The largest absolute Gasteiger partial charge is 0.436 e. The SMILES string of the molecule is CCCC(=O)OC(C)OCCN=C=S. The third kappa shape index (κ3) is 7.86. The topological polar surface area (TPSA) is 47.9 Å². The number of rotatable bonds is 7. The maximum Gasteiger partial charge on any atom is 0.308 e. The summed E-state index contributed by atoms with van der Waals surface area (Å²) in [5, 5.41) is 2.22. The highest BCUT2D eigenvalue weighted by molar-refractivity contribution is 7.78. The van der Waals surface area contributed by atoms with Crippen molar-refractivity contribution in [3.8, 4) is 0 Å². The zero-order chi connectivity index (χ0) is 10.8. The van der Waals surface area contributed by atoms with E-state index in [2.05, 4.69) is 22.4 Å². The van der Waals surface area contributed by atoms with Gasteiger partial charge in [-0.1, -0.05) is 6.92 Å². The summed E-state index contributed by atoms with van der Waals surface area (Å²) >= 11 is 4.38. The van der Waals surface area contributed by atoms with Crippen LogP contribution in [0.2, 0.25) is 0 Å². The highest BCUT2D eigenvalue weighted by atomic mass is 32.1. The van der Waals surface area contributed by atoms with Gasteiger partial charge in [-0.3, -0.25) is 4.79 Å². The van der Waals surface area contributed by atoms with Crippen molar-refractivity contribution >= 4 is 23.3 Å². The molecular formula is C9H15NO3S. The average Bonchev–Trinajstić information content (AvgIpc) is 2.13. The first-order valence-electron chi connectivity index (χ1n) is 4.55. The number of esters is 1. The lowest BCUT2D eigenvalue weighted by Gasteiger charge is -2.12. The fourth-order valence-electron chi connectivity index (χ4n) is 0.792. The minimum atomic E-state index is -0.519. The molecule has 0 aromatic heterocycles. The molecule has 4 nitrogen and oxygen atoms in total. The van der Waals surface area contributed by atoms with Crippen LogP contribution >= 0.6 is 12.2 Å². The van der Waals surface area contributed by atoms with Gasteiger partial charge in [-0.2, -0.15) is 0 Å². The predicted molar refractivity (Wildman–Crippen MR) is 56.3 cm³/mol. The van der Waals surface area contributed by atoms with E-state index in [-0.39, 0.29) is 5.97 Å². The molecule has 0 aliphatic heterocycles. The van der Waals surface area contributed by atoms with Crippen LogP contribution in [0, 0.1) is 0 Å². The third-order valence-electron chi connectivity index (χ3n) is 1.37. The van der Waals surface area contributed by atoms with Crippen LogP contribution in [0.15, 0.2) is 4.99 Å². The molecule has 0 aromatic carbocycles. The molecule has 0 aliphatic carbocycles. The van der Waals surface area contributed by atoms with Gasteiger partial charge in [0, 0.05) is 6.42 Å². The molecule has 0 saturated carbocycles. The van der Waals surface area contributed by atoms with Crippen molar-refractivity contribution in [2.75, 3.05) is 13.2 Å². The summed E-state index contributed by atoms with van der Waals surface area (Å²) < 4.78 is 10.1. The average molecular weight is 217 g/mol. The Morgan fingerprint density at radius 2 is 2.36 bits per heavy atom. The van der Waals surface area contributed by atoms with E-state index in [1.807, 2.05) is 6.92 Å². The van der Waals surface area contributed by atoms with Crippen molar-refractivity contribution in [1.29, 1.82) is 0 Å². The van der Waals surface area contributed by atoms with Crippen LogP contribution in [0.5, 0.6) is 0 Å². The van der Waals surface area contributed by atoms with Gasteiger partial charge in [0.2, 0.25) is 0 Å². The molecule has 1 atom stereocenters. The Morgan fingerprint density at radius 3 is 2.93 bits per heavy atom. The number of carbonyl (C=O) groups excluding carboxylic acids is 1. The quantitative estimate of drug-likeness (QED) is 0.214. The number of aliphatic imine (C=N–C) groups is 1. The van der Waals surface area contributed by atoms with Gasteiger partial charge in [-0.15, -0.1) is 0 Å². The first-order chi connectivity index (χ1) is 6.70. The number of nitrogens with zero attached hydrogens (tertiary/aromatic N) is 1. The smallest absolute Gasteiger partial charge is 0.308 e. The van der Waals surface area contributed by atoms with Crippen LogP contribution in [0.3, 0.4) is 0 Å². The Kier molecular flexibility index (Phi) is 8.33. The molecule has 0 amide bonds. The Hall–Kier alpha value is -0.770. The molecule has 0 spiro atoms. The van der Waals surface area contributed by atoms with Crippen LogP contribution < -0.4 is 0 Å². The van der Waals surface area contributed by atoms with E-state index in [1.54, 1.807) is 6.92 Å². The molecular weight excluding hydrogens is 202 g/mol. The van der Waals surface area contributed by atoms with Gasteiger partial charge in [0.15, 0.2) is 6.29 Å². The molecule has 14 heavy (non-hydrogen) atoms. The summed E-state index contributed by atoms with van der Waals surface area (Å²) in [5.74, 6) is -0.238. The molecule has 0 fully saturated rings. The van der Waals surface area contributed by atoms with E-state index < -0.39 is 6.29 Å². The highest BCUT2D eigenvalue weighted by Crippen LogP contribution is 1.98. The van der Waals surface area contributed by atoms with Crippen LogP contribution in [-0.2, 0) is 14.3 Å². The van der Waals surface area contributed by atoms with Gasteiger partial charge in [0.1, 0.15) is 0 Å². The Morgan fingerprint density at radius 1 is 1.64 bits per heavy atom. The molecule has 80 valence electrons. The normalized spacial score (nSPS) is 11.6. The second-order valence-electron chi connectivity index (χ2n) is 2.65. The molecule has 5 heteroatoms. The highest BCUT2D eigenvalue weighted by Gasteiger charge is 2.07. The van der Waals surface area contributed by atoms with Crippen LogP contribution in [0.25, 0.3) is 0 Å². The van der Waals surface area contributed by atoms with Crippen molar-refractivity contribution in [3.05, 3.63) is 0 Å². The summed E-state index contributed by atoms with van der Waals surface area (Å²) in [6.45, 7) is 4.42. The summed E-state index contributed by atoms with van der Waals surface area (Å²) in [7, 11) is 0. The Balaban J connectivity index is 3.49. The van der Waals surface area contributed by atoms with Gasteiger partial charge in [-0.25, -0.2) is 4.99 Å². The maximum absolute atomic E-state index is 11.0. The standard InChI is InChI=1S/C9H15NO3S/c1-3-4-9(11)13-8(2)12-6-5-10-7-14/h8H,3-6H2,1-2H3. The van der Waals surface area contributed by atoms with Crippen molar-refractivity contribution in [1.82, 2.24) is 0 Å². The fourth-order valence-corrected chi connectivity index (χ4v) is 0.883. The number of carbonyl (C=O) groups is 1. The lowest BCUT2D eigenvalue weighted by atomic mass is 10.3. The second-order valence-corrected chi connectivity index (χ2v) is 2.83. The number of hydrogen-bond donors (Lipinski definition) is 0. The number of thiocarbonyl (C=S) groups is 1. The third-order valence-corrected chi connectivity index (χ3v) is 1.50. The van der Waals surface area contributed by atoms with E-state index in [9.17, 15) is 4.79 Å². The predicted octanol–water partition coefficient (Wildman–Crippen LogP) is 1.80. The number of isothiocyanates is 1. The van der Waals surface area contributed by atoms with E-state index in [4.69, 9.17) is 9.47 Å². The first kappa shape index (κ1) is 13.2. The summed E-state index contributed by atoms with van der Waals surface area (Å²) in [4.78, 5) is 14.6. The van der Waals surface area contributed by atoms with Gasteiger partial charge in [0.05, 0.1) is 18.3 Å². The van der Waals surface area contributed by atoms with Gasteiger partial charge >= 0.3 is 5.97 Å². The molecule has 0 N–H and O–H groups in total. The minimum absolute atomic E-state index is 0.238. The zero-order valence-electron chi connectivity index (χ0n) is 8.49. The summed E-state index contributed by atoms with van der Waals surface area (Å²) in [6, 6.07) is 0. The van der Waals surface area contributed by atoms with E-state index in [0.717, 1.165) is 6.42 Å². The van der Waals surface area contributed by atoms with Gasteiger partial charge in [-0.05, 0) is 25.6 Å². The fraction of sp³-hybridized carbons (Fsp3) is 0.778. The Labute approximate surface area is 89.3 Å². The van der Waals surface area contributed by atoms with Crippen LogP contribution in [0.4, 0.5) is 0 Å². The molecule has 0 radical (unpaired) electrons. The number of ether oxygens (including phenoxy) is 2. The molecule has 0 rings (SSSR count). The number of hydrogen-bond acceptors (Lipinski definition) is 5. The van der Waals surface area contributed by atoms with Gasteiger partial charge < -0.3 is 9.47 Å². The summed E-state index contributed by atoms with van der Waals surface area (Å²) in [5.41, 5.74) is 0. The van der Waals surface area contributed by atoms with E-state index >= 15 is 0 Å². The first-order valence-corrected chi connectivity index (χ1v) is 4.96. The monoisotopic (exact) mass is 217 g/mol. The van der Waals surface area contributed by atoms with Crippen molar-refractivity contribution in [2.45, 2.75) is 33.0 Å². The molecule has 0 aromatic rings. The molecule has 0 saturated heterocycles. The second kappa shape index (κ2) is 8.81. The van der Waals surface area contributed by atoms with E-state index in [1.165, 1.54) is 0 Å². The minimum Gasteiger partial charge on any atom is -0.436 e. The zero-order valence-corrected chi connectivity index (χ0v) is 9.30. The van der Waals surface area contributed by atoms with Gasteiger partial charge in [0.25, 0.3) is 0 Å². The van der Waals surface area contributed by atoms with Crippen LogP contribution in [0.1, 0.15) is 26.7 Å². The Bertz CT molecular complexity index is 214. The van der Waals surface area contributed by atoms with Crippen molar-refractivity contribution in [2.24, 2.45) is 4.99 Å². The lowest BCUT2D eigenvalue weighted by molar-refractivity contribution is -0.174. The summed E-state index contributed by atoms with van der Waals surface area (Å²) in [6.07, 6.45) is 0.682.